The van der Waals surface area contributed by atoms with Gasteiger partial charge in [-0.05, 0) is 43.7 Å². The number of carbonyl (C=O) groups is 1. The molecular formula is C13H24N4O2. The highest BCUT2D eigenvalue weighted by Gasteiger charge is 2.39. The molecule has 0 radical (unpaired) electrons. The Morgan fingerprint density at radius 1 is 1.53 bits per heavy atom. The third-order valence-electron chi connectivity index (χ3n) is 3.90. The molecule has 0 saturated heterocycles. The number of methoxy groups -OCH3 is 1. The molecule has 0 amide bonds. The third-order valence-corrected chi connectivity index (χ3v) is 3.90. The lowest BCUT2D eigenvalue weighted by Gasteiger charge is -2.31. The molecule has 1 N–H and O–H groups in total. The normalized spacial score (nSPS) is 27.2. The predicted octanol–water partition coefficient (Wildman–Crippen LogP) is 2.79. The molecule has 2 atom stereocenters. The molecule has 0 aromatic heterocycles. The average molecular weight is 268 g/mol. The summed E-state index contributed by atoms with van der Waals surface area (Å²) in [5, 5.41) is 6.84. The zero-order chi connectivity index (χ0) is 14.1. The summed E-state index contributed by atoms with van der Waals surface area (Å²) < 4.78 is 4.98. The van der Waals surface area contributed by atoms with Crippen LogP contribution in [0.25, 0.3) is 10.4 Å². The summed E-state index contributed by atoms with van der Waals surface area (Å²) >= 11 is 0. The van der Waals surface area contributed by atoms with Gasteiger partial charge < -0.3 is 10.1 Å². The number of hydrogen-bond donors (Lipinski definition) is 1. The predicted molar refractivity (Wildman–Crippen MR) is 73.6 cm³/mol. The minimum absolute atomic E-state index is 0.162. The number of hydrogen-bond acceptors (Lipinski definition) is 4. The van der Waals surface area contributed by atoms with Crippen LogP contribution in [0.15, 0.2) is 5.11 Å². The van der Waals surface area contributed by atoms with E-state index in [-0.39, 0.29) is 5.97 Å². The second kappa shape index (κ2) is 8.02. The molecule has 1 rings (SSSR count). The van der Waals surface area contributed by atoms with Gasteiger partial charge in [0.15, 0.2) is 0 Å². The lowest BCUT2D eigenvalue weighted by atomic mass is 9.89. The molecule has 0 aromatic carbocycles. The Morgan fingerprint density at radius 2 is 2.32 bits per heavy atom. The first-order chi connectivity index (χ1) is 9.14. The third kappa shape index (κ3) is 4.73. The number of nitrogens with one attached hydrogen (secondary N) is 1. The first kappa shape index (κ1) is 15.8. The zero-order valence-electron chi connectivity index (χ0n) is 11.9. The summed E-state index contributed by atoms with van der Waals surface area (Å²) in [7, 11) is 1.44. The number of carbonyl (C=O) groups excluding carboxylic acids is 1. The molecule has 1 aliphatic carbocycles. The molecule has 6 heteroatoms. The van der Waals surface area contributed by atoms with E-state index in [1.807, 2.05) is 0 Å². The number of rotatable bonds is 6. The lowest BCUT2D eigenvalue weighted by Crippen LogP contribution is -2.52. The minimum atomic E-state index is -0.546. The zero-order valence-corrected chi connectivity index (χ0v) is 11.9. The molecule has 0 bridgehead atoms. The van der Waals surface area contributed by atoms with E-state index in [1.54, 1.807) is 0 Å². The van der Waals surface area contributed by atoms with Crippen LogP contribution in [-0.2, 0) is 9.53 Å². The first-order valence-electron chi connectivity index (χ1n) is 6.99. The Morgan fingerprint density at radius 3 is 3.00 bits per heavy atom. The molecule has 0 aliphatic heterocycles. The van der Waals surface area contributed by atoms with Gasteiger partial charge >= 0.3 is 5.97 Å². The maximum atomic E-state index is 12.1. The fourth-order valence-electron chi connectivity index (χ4n) is 2.69. The van der Waals surface area contributed by atoms with Crippen molar-refractivity contribution in [1.29, 1.82) is 0 Å². The van der Waals surface area contributed by atoms with Crippen molar-refractivity contribution in [2.75, 3.05) is 20.2 Å². The van der Waals surface area contributed by atoms with E-state index < -0.39 is 5.54 Å². The highest BCUT2D eigenvalue weighted by Crippen LogP contribution is 2.31. The highest BCUT2D eigenvalue weighted by atomic mass is 16.5. The fraction of sp³-hybridized carbons (Fsp3) is 0.923. The van der Waals surface area contributed by atoms with Crippen molar-refractivity contribution in [2.45, 2.75) is 51.0 Å². The molecule has 19 heavy (non-hydrogen) atoms. The van der Waals surface area contributed by atoms with Crippen LogP contribution < -0.4 is 5.32 Å². The van der Waals surface area contributed by atoms with Crippen molar-refractivity contribution in [3.8, 4) is 0 Å². The van der Waals surface area contributed by atoms with E-state index in [9.17, 15) is 4.79 Å². The van der Waals surface area contributed by atoms with E-state index in [4.69, 9.17) is 10.3 Å². The van der Waals surface area contributed by atoms with E-state index in [0.717, 1.165) is 32.1 Å². The van der Waals surface area contributed by atoms with Gasteiger partial charge in [0.05, 0.1) is 7.11 Å². The van der Waals surface area contributed by atoms with E-state index in [0.29, 0.717) is 19.0 Å². The Hall–Kier alpha value is -1.26. The van der Waals surface area contributed by atoms with Crippen molar-refractivity contribution in [3.05, 3.63) is 10.4 Å². The summed E-state index contributed by atoms with van der Waals surface area (Å²) in [6, 6.07) is 0. The minimum Gasteiger partial charge on any atom is -0.468 e. The Kier molecular flexibility index (Phi) is 6.67. The van der Waals surface area contributed by atoms with Crippen LogP contribution in [0.4, 0.5) is 0 Å². The van der Waals surface area contributed by atoms with Crippen molar-refractivity contribution in [1.82, 2.24) is 5.32 Å². The number of ether oxygens (including phenoxy) is 1. The van der Waals surface area contributed by atoms with Gasteiger partial charge in [-0.15, -0.1) is 0 Å². The lowest BCUT2D eigenvalue weighted by molar-refractivity contribution is -0.149. The fourth-order valence-corrected chi connectivity index (χ4v) is 2.69. The smallest absolute Gasteiger partial charge is 0.326 e. The topological polar surface area (TPSA) is 87.1 Å². The largest absolute Gasteiger partial charge is 0.468 e. The molecular weight excluding hydrogens is 244 g/mol. The molecule has 0 aromatic rings. The van der Waals surface area contributed by atoms with Gasteiger partial charge in [0.2, 0.25) is 0 Å². The summed E-state index contributed by atoms with van der Waals surface area (Å²) in [4.78, 5) is 14.8. The van der Waals surface area contributed by atoms with Crippen LogP contribution >= 0.6 is 0 Å². The molecule has 0 heterocycles. The van der Waals surface area contributed by atoms with E-state index in [2.05, 4.69) is 22.3 Å². The molecule has 0 spiro atoms. The molecule has 6 nitrogen and oxygen atoms in total. The van der Waals surface area contributed by atoms with Crippen LogP contribution in [0.1, 0.15) is 45.4 Å². The second-order valence-electron chi connectivity index (χ2n) is 5.34. The van der Waals surface area contributed by atoms with Gasteiger partial charge in [-0.3, -0.25) is 4.79 Å². The molecule has 1 saturated carbocycles. The number of esters is 1. The second-order valence-corrected chi connectivity index (χ2v) is 5.34. The van der Waals surface area contributed by atoms with Crippen molar-refractivity contribution >= 4 is 5.97 Å². The maximum Gasteiger partial charge on any atom is 0.326 e. The van der Waals surface area contributed by atoms with Crippen LogP contribution in [0.2, 0.25) is 0 Å². The molecule has 108 valence electrons. The van der Waals surface area contributed by atoms with Gasteiger partial charge in [0.25, 0.3) is 0 Å². The Bertz CT molecular complexity index is 342. The summed E-state index contributed by atoms with van der Waals surface area (Å²) in [5.41, 5.74) is 7.68. The Labute approximate surface area is 114 Å². The number of azide groups is 1. The van der Waals surface area contributed by atoms with Gasteiger partial charge in [-0.25, -0.2) is 0 Å². The standard InChI is InChI=1S/C13H24N4O2/c1-11-5-3-7-13(8-6-11,12(18)19-2)15-9-4-10-16-17-14/h11,15H,3-10H2,1-2H3. The van der Waals surface area contributed by atoms with Crippen molar-refractivity contribution in [2.24, 2.45) is 11.0 Å². The number of nitrogens with zero attached hydrogens (tertiary/aromatic N) is 3. The maximum absolute atomic E-state index is 12.1. The SMILES string of the molecule is COC(=O)C1(NCCCN=[N+]=[N-])CCCC(C)CC1. The van der Waals surface area contributed by atoms with Crippen LogP contribution in [-0.4, -0.2) is 31.7 Å². The van der Waals surface area contributed by atoms with Crippen molar-refractivity contribution < 1.29 is 9.53 Å². The van der Waals surface area contributed by atoms with Crippen LogP contribution in [0.3, 0.4) is 0 Å². The monoisotopic (exact) mass is 268 g/mol. The average Bonchev–Trinajstić information content (AvgIpc) is 2.61. The molecule has 1 aliphatic rings. The van der Waals surface area contributed by atoms with Crippen LogP contribution in [0.5, 0.6) is 0 Å². The summed E-state index contributed by atoms with van der Waals surface area (Å²) in [5.74, 6) is 0.502. The summed E-state index contributed by atoms with van der Waals surface area (Å²) in [6.45, 7) is 3.36. The highest BCUT2D eigenvalue weighted by molar-refractivity contribution is 5.80. The Balaban J connectivity index is 2.59. The van der Waals surface area contributed by atoms with E-state index >= 15 is 0 Å². The van der Waals surface area contributed by atoms with Gasteiger partial charge in [0, 0.05) is 11.5 Å². The molecule has 1 fully saturated rings. The van der Waals surface area contributed by atoms with Gasteiger partial charge in [0.1, 0.15) is 5.54 Å². The molecule has 2 unspecified atom stereocenters. The van der Waals surface area contributed by atoms with Gasteiger partial charge in [-0.1, -0.05) is 24.9 Å². The van der Waals surface area contributed by atoms with E-state index in [1.165, 1.54) is 13.5 Å². The summed E-state index contributed by atoms with van der Waals surface area (Å²) in [6.07, 6.45) is 5.63. The van der Waals surface area contributed by atoms with Crippen LogP contribution in [0, 0.1) is 5.92 Å². The first-order valence-corrected chi connectivity index (χ1v) is 6.99. The quantitative estimate of drug-likeness (QED) is 0.201. The van der Waals surface area contributed by atoms with Crippen molar-refractivity contribution in [3.63, 3.8) is 0 Å². The van der Waals surface area contributed by atoms with Gasteiger partial charge in [-0.2, -0.15) is 0 Å².